The summed E-state index contributed by atoms with van der Waals surface area (Å²) >= 11 is 1.36. The molecule has 0 radical (unpaired) electrons. The number of amides is 1. The van der Waals surface area contributed by atoms with Gasteiger partial charge in [-0.25, -0.2) is 4.98 Å². The monoisotopic (exact) mass is 393 g/mol. The number of thiazole rings is 1. The minimum absolute atomic E-state index is 0.0998. The Balaban J connectivity index is 1.95. The molecule has 1 amide bonds. The summed E-state index contributed by atoms with van der Waals surface area (Å²) in [5.41, 5.74) is 3.02. The van der Waals surface area contributed by atoms with Gasteiger partial charge >= 0.3 is 0 Å². The van der Waals surface area contributed by atoms with E-state index in [9.17, 15) is 4.79 Å². The standard InChI is InChI=1S/C19H27N3O4S/c1-12(2)11-15-5-7-16(8-6-15)13(3)18(23)21-19-20-14(4)17(27-19)9-10-26-22(24)25/h5-8,12-13,24-25H,9-11H2,1-4H3,(H,20,21,23)/t13-/m0/s1. The van der Waals surface area contributed by atoms with Crippen molar-refractivity contribution in [1.29, 1.82) is 0 Å². The maximum Gasteiger partial charge on any atom is 0.233 e. The molecular formula is C19H27N3O4S. The molecule has 1 aromatic carbocycles. The highest BCUT2D eigenvalue weighted by molar-refractivity contribution is 7.15. The van der Waals surface area contributed by atoms with Crippen molar-refractivity contribution in [2.45, 2.75) is 46.5 Å². The van der Waals surface area contributed by atoms with Crippen LogP contribution in [-0.2, 0) is 22.5 Å². The molecule has 8 heteroatoms. The number of rotatable bonds is 9. The number of hydrogen-bond acceptors (Lipinski definition) is 7. The lowest BCUT2D eigenvalue weighted by molar-refractivity contribution is -0.492. The Hall–Kier alpha value is -1.84. The first-order valence-electron chi connectivity index (χ1n) is 8.93. The Labute approximate surface area is 163 Å². The molecule has 0 saturated heterocycles. The summed E-state index contributed by atoms with van der Waals surface area (Å²) in [4.78, 5) is 22.4. The fraction of sp³-hybridized carbons (Fsp3) is 0.474. The third kappa shape index (κ3) is 6.67. The summed E-state index contributed by atoms with van der Waals surface area (Å²) in [6, 6.07) is 8.17. The van der Waals surface area contributed by atoms with Gasteiger partial charge in [-0.2, -0.15) is 0 Å². The Morgan fingerprint density at radius 1 is 1.26 bits per heavy atom. The van der Waals surface area contributed by atoms with Crippen molar-refractivity contribution in [2.75, 3.05) is 11.9 Å². The van der Waals surface area contributed by atoms with Gasteiger partial charge in [0.05, 0.1) is 23.6 Å². The highest BCUT2D eigenvalue weighted by atomic mass is 32.1. The van der Waals surface area contributed by atoms with Crippen LogP contribution in [0.4, 0.5) is 5.13 Å². The number of nitrogens with zero attached hydrogens (tertiary/aromatic N) is 2. The third-order valence-electron chi connectivity index (χ3n) is 4.18. The summed E-state index contributed by atoms with van der Waals surface area (Å²) in [5.74, 6) is 0.202. The zero-order valence-corrected chi connectivity index (χ0v) is 16.9. The van der Waals surface area contributed by atoms with Gasteiger partial charge in [-0.15, -0.1) is 11.3 Å². The van der Waals surface area contributed by atoms with Crippen LogP contribution in [0.2, 0.25) is 0 Å². The largest absolute Gasteiger partial charge is 0.301 e. The van der Waals surface area contributed by atoms with Crippen LogP contribution in [0.15, 0.2) is 24.3 Å². The molecule has 0 unspecified atom stereocenters. The molecule has 1 atom stereocenters. The Bertz CT molecular complexity index is 744. The average molecular weight is 394 g/mol. The quantitative estimate of drug-likeness (QED) is 0.559. The van der Waals surface area contributed by atoms with E-state index in [1.807, 2.05) is 26.0 Å². The van der Waals surface area contributed by atoms with E-state index in [2.05, 4.69) is 41.1 Å². The number of carbonyl (C=O) groups excluding carboxylic acids is 1. The zero-order chi connectivity index (χ0) is 20.0. The van der Waals surface area contributed by atoms with Crippen LogP contribution in [0, 0.1) is 12.8 Å². The first-order valence-corrected chi connectivity index (χ1v) is 9.74. The topological polar surface area (TPSA) is 94.9 Å². The average Bonchev–Trinajstić information content (AvgIpc) is 2.93. The van der Waals surface area contributed by atoms with E-state index in [0.29, 0.717) is 17.5 Å². The maximum absolute atomic E-state index is 12.6. The van der Waals surface area contributed by atoms with Crippen LogP contribution in [0.25, 0.3) is 0 Å². The number of nitrogens with one attached hydrogen (secondary N) is 1. The van der Waals surface area contributed by atoms with Crippen molar-refractivity contribution in [3.05, 3.63) is 46.0 Å². The number of anilines is 1. The van der Waals surface area contributed by atoms with Crippen LogP contribution in [0.5, 0.6) is 0 Å². The van der Waals surface area contributed by atoms with Gasteiger partial charge in [-0.05, 0) is 37.3 Å². The highest BCUT2D eigenvalue weighted by Gasteiger charge is 2.18. The van der Waals surface area contributed by atoms with Crippen LogP contribution in [0.3, 0.4) is 0 Å². The lowest BCUT2D eigenvalue weighted by atomic mass is 9.96. The van der Waals surface area contributed by atoms with Crippen LogP contribution in [0.1, 0.15) is 48.4 Å². The molecule has 0 aliphatic rings. The molecule has 0 bridgehead atoms. The second-order valence-electron chi connectivity index (χ2n) is 6.91. The van der Waals surface area contributed by atoms with Crippen LogP contribution in [-0.4, -0.2) is 33.3 Å². The molecule has 2 rings (SSSR count). The molecule has 1 aromatic heterocycles. The second kappa shape index (κ2) is 9.91. The number of hydrogen-bond donors (Lipinski definition) is 3. The first-order chi connectivity index (χ1) is 12.8. The summed E-state index contributed by atoms with van der Waals surface area (Å²) < 4.78 is 0. The normalized spacial score (nSPS) is 12.6. The van der Waals surface area contributed by atoms with E-state index in [-0.39, 0.29) is 23.8 Å². The van der Waals surface area contributed by atoms with Crippen molar-refractivity contribution in [1.82, 2.24) is 10.4 Å². The summed E-state index contributed by atoms with van der Waals surface area (Å²) in [6.07, 6.45) is 1.49. The van der Waals surface area contributed by atoms with Crippen molar-refractivity contribution in [3.8, 4) is 0 Å². The fourth-order valence-corrected chi connectivity index (χ4v) is 3.66. The van der Waals surface area contributed by atoms with E-state index < -0.39 is 0 Å². The third-order valence-corrected chi connectivity index (χ3v) is 5.31. The summed E-state index contributed by atoms with van der Waals surface area (Å²) in [5, 5.41) is 20.2. The van der Waals surface area contributed by atoms with E-state index in [1.54, 1.807) is 0 Å². The SMILES string of the molecule is Cc1nc(NC(=O)[C@@H](C)c2ccc(CC(C)C)cc2)sc1CCON(O)O. The number of carbonyl (C=O) groups is 1. The second-order valence-corrected chi connectivity index (χ2v) is 8.00. The summed E-state index contributed by atoms with van der Waals surface area (Å²) in [7, 11) is 0. The zero-order valence-electron chi connectivity index (χ0n) is 16.1. The molecule has 2 aromatic rings. The predicted molar refractivity (Wildman–Crippen MR) is 104 cm³/mol. The van der Waals surface area contributed by atoms with Gasteiger partial charge < -0.3 is 5.32 Å². The molecule has 3 N–H and O–H groups in total. The molecule has 148 valence electrons. The van der Waals surface area contributed by atoms with Crippen molar-refractivity contribution in [3.63, 3.8) is 0 Å². The van der Waals surface area contributed by atoms with Gasteiger partial charge in [0.1, 0.15) is 0 Å². The number of benzene rings is 1. The smallest absolute Gasteiger partial charge is 0.233 e. The lowest BCUT2D eigenvalue weighted by Crippen LogP contribution is -2.18. The molecule has 0 saturated carbocycles. The molecule has 7 nitrogen and oxygen atoms in total. The lowest BCUT2D eigenvalue weighted by Gasteiger charge is -2.12. The number of aryl methyl sites for hydroxylation is 1. The molecule has 0 spiro atoms. The first kappa shape index (κ1) is 21.5. The molecule has 0 aliphatic heterocycles. The van der Waals surface area contributed by atoms with Gasteiger partial charge in [-0.3, -0.25) is 20.0 Å². The van der Waals surface area contributed by atoms with Gasteiger partial charge in [0.2, 0.25) is 5.91 Å². The predicted octanol–water partition coefficient (Wildman–Crippen LogP) is 3.95. The Kier molecular flexibility index (Phi) is 7.88. The minimum Gasteiger partial charge on any atom is -0.301 e. The van der Waals surface area contributed by atoms with Crippen molar-refractivity contribution >= 4 is 22.4 Å². The molecule has 27 heavy (non-hydrogen) atoms. The van der Waals surface area contributed by atoms with Crippen LogP contribution >= 0.6 is 11.3 Å². The molecule has 0 aliphatic carbocycles. The molecule has 0 fully saturated rings. The van der Waals surface area contributed by atoms with Gasteiger partial charge in [0, 0.05) is 11.3 Å². The number of aromatic nitrogens is 1. The summed E-state index contributed by atoms with van der Waals surface area (Å²) in [6.45, 7) is 8.18. The van der Waals surface area contributed by atoms with Crippen molar-refractivity contribution in [2.24, 2.45) is 5.92 Å². The highest BCUT2D eigenvalue weighted by Crippen LogP contribution is 2.25. The Morgan fingerprint density at radius 3 is 2.52 bits per heavy atom. The van der Waals surface area contributed by atoms with Gasteiger partial charge in [0.15, 0.2) is 5.13 Å². The minimum atomic E-state index is -0.312. The van der Waals surface area contributed by atoms with Gasteiger partial charge in [0.25, 0.3) is 0 Å². The molecule has 1 heterocycles. The van der Waals surface area contributed by atoms with Crippen molar-refractivity contribution < 1.29 is 20.0 Å². The fourth-order valence-electron chi connectivity index (χ4n) is 2.71. The van der Waals surface area contributed by atoms with E-state index >= 15 is 0 Å². The van der Waals surface area contributed by atoms with E-state index in [1.165, 1.54) is 16.9 Å². The van der Waals surface area contributed by atoms with Gasteiger partial charge in [-0.1, -0.05) is 38.1 Å². The molecular weight excluding hydrogens is 366 g/mol. The maximum atomic E-state index is 12.6. The van der Waals surface area contributed by atoms with E-state index in [4.69, 9.17) is 10.4 Å². The van der Waals surface area contributed by atoms with Crippen LogP contribution < -0.4 is 5.32 Å². The Morgan fingerprint density at radius 2 is 1.93 bits per heavy atom. The van der Waals surface area contributed by atoms with E-state index in [0.717, 1.165) is 22.6 Å².